The van der Waals surface area contributed by atoms with Gasteiger partial charge in [-0.15, -0.1) is 0 Å². The van der Waals surface area contributed by atoms with Gasteiger partial charge in [0.15, 0.2) is 5.11 Å². The van der Waals surface area contributed by atoms with E-state index in [2.05, 4.69) is 29.4 Å². The number of esters is 1. The summed E-state index contributed by atoms with van der Waals surface area (Å²) in [6, 6.07) is 12.1. The summed E-state index contributed by atoms with van der Waals surface area (Å²) in [5.41, 5.74) is 2.25. The van der Waals surface area contributed by atoms with Crippen LogP contribution in [0.15, 0.2) is 42.5 Å². The van der Waals surface area contributed by atoms with Crippen LogP contribution in [0.5, 0.6) is 5.75 Å². The SMILES string of the molecule is COC(=O)c1ccc(N2CCOCC2)c(NC(=S)NC(=O)c2cccc(OCC(C)C)c2)c1. The van der Waals surface area contributed by atoms with Gasteiger partial charge in [-0.1, -0.05) is 19.9 Å². The molecule has 3 rings (SSSR count). The van der Waals surface area contributed by atoms with E-state index >= 15 is 0 Å². The maximum Gasteiger partial charge on any atom is 0.337 e. The van der Waals surface area contributed by atoms with Crippen molar-refractivity contribution in [1.82, 2.24) is 5.32 Å². The molecule has 0 spiro atoms. The van der Waals surface area contributed by atoms with Crippen LogP contribution in [0.3, 0.4) is 0 Å². The van der Waals surface area contributed by atoms with Crippen molar-refractivity contribution >= 4 is 40.6 Å². The predicted molar refractivity (Wildman–Crippen MR) is 131 cm³/mol. The molecule has 8 nitrogen and oxygen atoms in total. The minimum absolute atomic E-state index is 0.116. The van der Waals surface area contributed by atoms with Crippen molar-refractivity contribution in [2.75, 3.05) is 50.2 Å². The molecule has 1 aliphatic heterocycles. The predicted octanol–water partition coefficient (Wildman–Crippen LogP) is 3.47. The first-order valence-corrected chi connectivity index (χ1v) is 11.2. The van der Waals surface area contributed by atoms with Crippen LogP contribution in [-0.2, 0) is 9.47 Å². The van der Waals surface area contributed by atoms with Gasteiger partial charge in [0.2, 0.25) is 0 Å². The number of morpholine rings is 1. The Morgan fingerprint density at radius 2 is 1.88 bits per heavy atom. The fourth-order valence-corrected chi connectivity index (χ4v) is 3.48. The molecule has 0 saturated carbocycles. The Hall–Kier alpha value is -3.17. The molecule has 176 valence electrons. The number of ether oxygens (including phenoxy) is 3. The number of hydrogen-bond acceptors (Lipinski definition) is 7. The molecule has 0 aromatic heterocycles. The highest BCUT2D eigenvalue weighted by molar-refractivity contribution is 7.80. The van der Waals surface area contributed by atoms with Gasteiger partial charge < -0.3 is 24.4 Å². The van der Waals surface area contributed by atoms with Crippen molar-refractivity contribution < 1.29 is 23.8 Å². The zero-order chi connectivity index (χ0) is 23.8. The Morgan fingerprint density at radius 3 is 2.58 bits per heavy atom. The van der Waals surface area contributed by atoms with Gasteiger partial charge in [-0.25, -0.2) is 4.79 Å². The van der Waals surface area contributed by atoms with Crippen LogP contribution < -0.4 is 20.3 Å². The van der Waals surface area contributed by atoms with E-state index < -0.39 is 5.97 Å². The topological polar surface area (TPSA) is 89.1 Å². The lowest BCUT2D eigenvalue weighted by Crippen LogP contribution is -2.38. The standard InChI is InChI=1S/C24H29N3O5S/c1-16(2)15-32-19-6-4-5-17(13-19)22(28)26-24(33)25-20-14-18(23(29)30-3)7-8-21(20)27-9-11-31-12-10-27/h4-8,13-14,16H,9-12,15H2,1-3H3,(H2,25,26,28,33). The van der Waals surface area contributed by atoms with Gasteiger partial charge in [0.05, 0.1) is 43.9 Å². The van der Waals surface area contributed by atoms with E-state index in [1.54, 1.807) is 30.3 Å². The van der Waals surface area contributed by atoms with Gasteiger partial charge in [0.1, 0.15) is 5.75 Å². The number of anilines is 2. The summed E-state index contributed by atoms with van der Waals surface area (Å²) in [5, 5.41) is 5.87. The zero-order valence-corrected chi connectivity index (χ0v) is 19.9. The number of hydrogen-bond donors (Lipinski definition) is 2. The number of carbonyl (C=O) groups excluding carboxylic acids is 2. The Balaban J connectivity index is 1.74. The molecule has 0 unspecified atom stereocenters. The Kier molecular flexibility index (Phi) is 8.62. The number of thiocarbonyl (C=S) groups is 1. The number of amides is 1. The molecule has 1 aliphatic rings. The average molecular weight is 472 g/mol. The molecule has 2 N–H and O–H groups in total. The number of benzene rings is 2. The summed E-state index contributed by atoms with van der Waals surface area (Å²) in [7, 11) is 1.33. The van der Waals surface area contributed by atoms with Crippen molar-refractivity contribution in [2.45, 2.75) is 13.8 Å². The molecule has 0 radical (unpaired) electrons. The highest BCUT2D eigenvalue weighted by Gasteiger charge is 2.19. The zero-order valence-electron chi connectivity index (χ0n) is 19.1. The smallest absolute Gasteiger partial charge is 0.337 e. The van der Waals surface area contributed by atoms with Crippen LogP contribution in [0.4, 0.5) is 11.4 Å². The molecule has 2 aromatic carbocycles. The molecule has 2 aromatic rings. The number of nitrogens with zero attached hydrogens (tertiary/aromatic N) is 1. The summed E-state index contributed by atoms with van der Waals surface area (Å²) >= 11 is 5.40. The van der Waals surface area contributed by atoms with E-state index in [9.17, 15) is 9.59 Å². The van der Waals surface area contributed by atoms with Gasteiger partial charge in [0, 0.05) is 18.7 Å². The second-order valence-corrected chi connectivity index (χ2v) is 8.37. The fourth-order valence-electron chi connectivity index (χ4n) is 3.28. The van der Waals surface area contributed by atoms with Crippen LogP contribution in [-0.4, -0.2) is 57.0 Å². The first-order valence-electron chi connectivity index (χ1n) is 10.8. The lowest BCUT2D eigenvalue weighted by Gasteiger charge is -2.31. The summed E-state index contributed by atoms with van der Waals surface area (Å²) < 4.78 is 16.0. The third-order valence-corrected chi connectivity index (χ3v) is 5.13. The molecule has 0 aliphatic carbocycles. The van der Waals surface area contributed by atoms with E-state index in [0.29, 0.717) is 61.4 Å². The van der Waals surface area contributed by atoms with Crippen molar-refractivity contribution in [3.05, 3.63) is 53.6 Å². The molecule has 1 saturated heterocycles. The highest BCUT2D eigenvalue weighted by Crippen LogP contribution is 2.28. The third-order valence-electron chi connectivity index (χ3n) is 4.92. The average Bonchev–Trinajstić information content (AvgIpc) is 2.82. The second-order valence-electron chi connectivity index (χ2n) is 7.96. The van der Waals surface area contributed by atoms with Gasteiger partial charge in [0.25, 0.3) is 5.91 Å². The minimum atomic E-state index is -0.459. The van der Waals surface area contributed by atoms with E-state index in [4.69, 9.17) is 26.4 Å². The van der Waals surface area contributed by atoms with E-state index in [-0.39, 0.29) is 11.0 Å². The lowest BCUT2D eigenvalue weighted by atomic mass is 10.1. The summed E-state index contributed by atoms with van der Waals surface area (Å²) in [5.74, 6) is 0.176. The van der Waals surface area contributed by atoms with Crippen molar-refractivity contribution in [3.8, 4) is 5.75 Å². The molecule has 1 fully saturated rings. The monoisotopic (exact) mass is 471 g/mol. The molecular weight excluding hydrogens is 442 g/mol. The number of carbonyl (C=O) groups is 2. The molecule has 9 heteroatoms. The number of rotatable bonds is 7. The minimum Gasteiger partial charge on any atom is -0.493 e. The summed E-state index contributed by atoms with van der Waals surface area (Å²) in [6.07, 6.45) is 0. The molecule has 1 heterocycles. The summed E-state index contributed by atoms with van der Waals surface area (Å²) in [6.45, 7) is 7.29. The Bertz CT molecular complexity index is 1010. The molecule has 0 bridgehead atoms. The largest absolute Gasteiger partial charge is 0.493 e. The first-order chi connectivity index (χ1) is 15.9. The second kappa shape index (κ2) is 11.6. The molecular formula is C24H29N3O5S. The van der Waals surface area contributed by atoms with E-state index in [1.165, 1.54) is 7.11 Å². The van der Waals surface area contributed by atoms with Crippen molar-refractivity contribution in [2.24, 2.45) is 5.92 Å². The van der Waals surface area contributed by atoms with Gasteiger partial charge in [-0.3, -0.25) is 10.1 Å². The maximum absolute atomic E-state index is 12.7. The van der Waals surface area contributed by atoms with E-state index in [0.717, 1.165) is 5.69 Å². The normalized spacial score (nSPS) is 13.4. The lowest BCUT2D eigenvalue weighted by molar-refractivity contribution is 0.0600. The van der Waals surface area contributed by atoms with Crippen LogP contribution in [0, 0.1) is 5.92 Å². The molecule has 1 amide bonds. The number of methoxy groups -OCH3 is 1. The van der Waals surface area contributed by atoms with Gasteiger partial charge in [-0.2, -0.15) is 0 Å². The van der Waals surface area contributed by atoms with Crippen LogP contribution in [0.2, 0.25) is 0 Å². The molecule has 0 atom stereocenters. The first kappa shape index (κ1) is 24.5. The van der Waals surface area contributed by atoms with Crippen molar-refractivity contribution in [1.29, 1.82) is 0 Å². The van der Waals surface area contributed by atoms with Crippen LogP contribution in [0.25, 0.3) is 0 Å². The Morgan fingerprint density at radius 1 is 1.12 bits per heavy atom. The van der Waals surface area contributed by atoms with Crippen molar-refractivity contribution in [3.63, 3.8) is 0 Å². The quantitative estimate of drug-likeness (QED) is 0.469. The summed E-state index contributed by atoms with van der Waals surface area (Å²) in [4.78, 5) is 26.9. The van der Waals surface area contributed by atoms with Gasteiger partial charge >= 0.3 is 5.97 Å². The fraction of sp³-hybridized carbons (Fsp3) is 0.375. The maximum atomic E-state index is 12.7. The van der Waals surface area contributed by atoms with Crippen LogP contribution >= 0.6 is 12.2 Å². The number of nitrogens with one attached hydrogen (secondary N) is 2. The highest BCUT2D eigenvalue weighted by atomic mass is 32.1. The molecule has 33 heavy (non-hydrogen) atoms. The third kappa shape index (κ3) is 6.90. The van der Waals surface area contributed by atoms with E-state index in [1.807, 2.05) is 12.1 Å². The van der Waals surface area contributed by atoms with Crippen LogP contribution in [0.1, 0.15) is 34.6 Å². The Labute approximate surface area is 199 Å². The van der Waals surface area contributed by atoms with Gasteiger partial charge in [-0.05, 0) is 54.5 Å².